The SMILES string of the molecule is CC(CO)C(=O)CCCc1ccc2ccc3cccc4ccc1c2c34. The third-order valence-electron chi connectivity index (χ3n) is 5.31. The Bertz CT molecular complexity index is 1030. The fraction of sp³-hybridized carbons (Fsp3) is 0.261. The molecule has 126 valence electrons. The molecule has 4 aromatic carbocycles. The van der Waals surface area contributed by atoms with E-state index in [1.54, 1.807) is 6.92 Å². The highest BCUT2D eigenvalue weighted by Crippen LogP contribution is 2.36. The lowest BCUT2D eigenvalue weighted by atomic mass is 9.90. The standard InChI is InChI=1S/C23H22O2/c1-15(14-24)21(25)7-3-4-16-8-9-19-11-10-17-5-2-6-18-12-13-20(16)23(19)22(17)18/h2,5-6,8-13,15,24H,3-4,7,14H2,1H3. The van der Waals surface area contributed by atoms with Crippen LogP contribution in [0.4, 0.5) is 0 Å². The molecule has 0 saturated carbocycles. The van der Waals surface area contributed by atoms with Gasteiger partial charge < -0.3 is 5.11 Å². The number of carbonyl (C=O) groups excluding carboxylic acids is 1. The molecule has 0 aliphatic carbocycles. The zero-order valence-electron chi connectivity index (χ0n) is 14.5. The first-order valence-electron chi connectivity index (χ1n) is 8.98. The van der Waals surface area contributed by atoms with Crippen LogP contribution in [0.25, 0.3) is 32.3 Å². The van der Waals surface area contributed by atoms with Crippen LogP contribution in [-0.2, 0) is 11.2 Å². The van der Waals surface area contributed by atoms with Crippen molar-refractivity contribution in [1.29, 1.82) is 0 Å². The number of aliphatic hydroxyl groups is 1. The Morgan fingerprint density at radius 1 is 0.920 bits per heavy atom. The van der Waals surface area contributed by atoms with E-state index < -0.39 is 0 Å². The molecule has 1 atom stereocenters. The van der Waals surface area contributed by atoms with Crippen molar-refractivity contribution in [3.63, 3.8) is 0 Å². The van der Waals surface area contributed by atoms with Crippen LogP contribution in [0.3, 0.4) is 0 Å². The summed E-state index contributed by atoms with van der Waals surface area (Å²) in [5.41, 5.74) is 1.30. The van der Waals surface area contributed by atoms with Gasteiger partial charge in [0, 0.05) is 12.3 Å². The van der Waals surface area contributed by atoms with Gasteiger partial charge in [-0.3, -0.25) is 4.79 Å². The van der Waals surface area contributed by atoms with E-state index in [9.17, 15) is 4.79 Å². The first-order chi connectivity index (χ1) is 12.2. The van der Waals surface area contributed by atoms with Crippen LogP contribution in [-0.4, -0.2) is 17.5 Å². The number of ketones is 1. The number of benzene rings is 4. The normalized spacial score (nSPS) is 13.0. The molecule has 0 bridgehead atoms. The summed E-state index contributed by atoms with van der Waals surface area (Å²) >= 11 is 0. The van der Waals surface area contributed by atoms with E-state index in [1.807, 2.05) is 0 Å². The average Bonchev–Trinajstić information content (AvgIpc) is 2.66. The van der Waals surface area contributed by atoms with E-state index in [1.165, 1.54) is 37.9 Å². The Hall–Kier alpha value is -2.45. The molecule has 0 spiro atoms. The Labute approximate surface area is 147 Å². The van der Waals surface area contributed by atoms with E-state index in [0.717, 1.165) is 12.8 Å². The Balaban J connectivity index is 1.71. The van der Waals surface area contributed by atoms with Crippen molar-refractivity contribution in [2.24, 2.45) is 5.92 Å². The number of hydrogen-bond donors (Lipinski definition) is 1. The Morgan fingerprint density at radius 2 is 1.56 bits per heavy atom. The first-order valence-corrected chi connectivity index (χ1v) is 8.98. The minimum Gasteiger partial charge on any atom is -0.396 e. The second kappa shape index (κ2) is 6.45. The van der Waals surface area contributed by atoms with Crippen molar-refractivity contribution in [2.45, 2.75) is 26.2 Å². The number of carbonyl (C=O) groups is 1. The Kier molecular flexibility index (Phi) is 4.14. The van der Waals surface area contributed by atoms with Crippen molar-refractivity contribution in [1.82, 2.24) is 0 Å². The Morgan fingerprint density at radius 3 is 2.28 bits per heavy atom. The van der Waals surface area contributed by atoms with Gasteiger partial charge in [0.25, 0.3) is 0 Å². The van der Waals surface area contributed by atoms with Crippen LogP contribution in [0.15, 0.2) is 54.6 Å². The number of rotatable bonds is 6. The molecule has 2 nitrogen and oxygen atoms in total. The van der Waals surface area contributed by atoms with Gasteiger partial charge in [0.2, 0.25) is 0 Å². The third-order valence-corrected chi connectivity index (χ3v) is 5.31. The van der Waals surface area contributed by atoms with Crippen molar-refractivity contribution in [2.75, 3.05) is 6.61 Å². The van der Waals surface area contributed by atoms with E-state index in [-0.39, 0.29) is 18.3 Å². The van der Waals surface area contributed by atoms with E-state index in [0.29, 0.717) is 6.42 Å². The molecule has 2 heteroatoms. The molecule has 0 aliphatic rings. The molecule has 0 amide bonds. The minimum atomic E-state index is -0.249. The lowest BCUT2D eigenvalue weighted by molar-refractivity contribution is -0.123. The van der Waals surface area contributed by atoms with Crippen LogP contribution in [0, 0.1) is 5.92 Å². The van der Waals surface area contributed by atoms with E-state index in [2.05, 4.69) is 54.6 Å². The molecular formula is C23H22O2. The molecule has 0 saturated heterocycles. The van der Waals surface area contributed by atoms with Gasteiger partial charge in [-0.15, -0.1) is 0 Å². The highest BCUT2D eigenvalue weighted by Gasteiger charge is 2.13. The largest absolute Gasteiger partial charge is 0.396 e. The number of aryl methyl sites for hydroxylation is 1. The molecule has 0 radical (unpaired) electrons. The fourth-order valence-corrected chi connectivity index (χ4v) is 3.82. The molecule has 0 aromatic heterocycles. The third kappa shape index (κ3) is 2.77. The zero-order chi connectivity index (χ0) is 17.4. The van der Waals surface area contributed by atoms with Crippen molar-refractivity contribution in [3.05, 3.63) is 60.2 Å². The summed E-state index contributed by atoms with van der Waals surface area (Å²) in [7, 11) is 0. The molecule has 0 heterocycles. The van der Waals surface area contributed by atoms with Crippen molar-refractivity contribution >= 4 is 38.1 Å². The minimum absolute atomic E-state index is 0.0580. The van der Waals surface area contributed by atoms with Crippen molar-refractivity contribution in [3.8, 4) is 0 Å². The monoisotopic (exact) mass is 330 g/mol. The summed E-state index contributed by atoms with van der Waals surface area (Å²) in [5.74, 6) is -0.0958. The second-order valence-corrected chi connectivity index (χ2v) is 6.98. The highest BCUT2D eigenvalue weighted by atomic mass is 16.3. The van der Waals surface area contributed by atoms with Gasteiger partial charge in [-0.25, -0.2) is 0 Å². The lowest BCUT2D eigenvalue weighted by Crippen LogP contribution is -2.14. The molecule has 1 N–H and O–H groups in total. The summed E-state index contributed by atoms with van der Waals surface area (Å²) in [6.07, 6.45) is 2.24. The highest BCUT2D eigenvalue weighted by molar-refractivity contribution is 6.23. The van der Waals surface area contributed by atoms with Gasteiger partial charge in [0.05, 0.1) is 6.61 Å². The maximum Gasteiger partial charge on any atom is 0.138 e. The number of hydrogen-bond acceptors (Lipinski definition) is 2. The summed E-state index contributed by atoms with van der Waals surface area (Å²) in [5, 5.41) is 16.9. The fourth-order valence-electron chi connectivity index (χ4n) is 3.82. The maximum absolute atomic E-state index is 11.9. The lowest BCUT2D eigenvalue weighted by Gasteiger charge is -2.14. The van der Waals surface area contributed by atoms with E-state index in [4.69, 9.17) is 5.11 Å². The van der Waals surface area contributed by atoms with Gasteiger partial charge in [0.1, 0.15) is 5.78 Å². The number of Topliss-reactive ketones (excluding diaryl/α,β-unsaturated/α-hetero) is 1. The molecule has 0 fully saturated rings. The van der Waals surface area contributed by atoms with Crippen LogP contribution in [0.1, 0.15) is 25.3 Å². The summed E-state index contributed by atoms with van der Waals surface area (Å²) in [6, 6.07) is 19.6. The van der Waals surface area contributed by atoms with Gasteiger partial charge >= 0.3 is 0 Å². The summed E-state index contributed by atoms with van der Waals surface area (Å²) < 4.78 is 0. The van der Waals surface area contributed by atoms with Gasteiger partial charge in [-0.05, 0) is 50.7 Å². The zero-order valence-corrected chi connectivity index (χ0v) is 14.5. The summed E-state index contributed by atoms with van der Waals surface area (Å²) in [6.45, 7) is 1.73. The molecule has 4 aromatic rings. The molecule has 25 heavy (non-hydrogen) atoms. The molecular weight excluding hydrogens is 308 g/mol. The second-order valence-electron chi connectivity index (χ2n) is 6.98. The first kappa shape index (κ1) is 16.0. The quantitative estimate of drug-likeness (QED) is 0.499. The van der Waals surface area contributed by atoms with E-state index >= 15 is 0 Å². The molecule has 0 aliphatic heterocycles. The van der Waals surface area contributed by atoms with Crippen LogP contribution >= 0.6 is 0 Å². The van der Waals surface area contributed by atoms with Gasteiger partial charge in [-0.1, -0.05) is 61.5 Å². The molecule has 4 rings (SSSR count). The number of aliphatic hydroxyl groups excluding tert-OH is 1. The maximum atomic E-state index is 11.9. The summed E-state index contributed by atoms with van der Waals surface area (Å²) in [4.78, 5) is 11.9. The predicted molar refractivity (Wildman–Crippen MR) is 104 cm³/mol. The van der Waals surface area contributed by atoms with Gasteiger partial charge in [0.15, 0.2) is 0 Å². The van der Waals surface area contributed by atoms with Crippen LogP contribution < -0.4 is 0 Å². The topological polar surface area (TPSA) is 37.3 Å². The van der Waals surface area contributed by atoms with Crippen LogP contribution in [0.5, 0.6) is 0 Å². The van der Waals surface area contributed by atoms with Crippen molar-refractivity contribution < 1.29 is 9.90 Å². The van der Waals surface area contributed by atoms with Gasteiger partial charge in [-0.2, -0.15) is 0 Å². The molecule has 1 unspecified atom stereocenters. The van der Waals surface area contributed by atoms with Crippen LogP contribution in [0.2, 0.25) is 0 Å². The smallest absolute Gasteiger partial charge is 0.138 e. The predicted octanol–water partition coefficient (Wildman–Crippen LogP) is 5.10. The average molecular weight is 330 g/mol.